The minimum absolute atomic E-state index is 0. The number of carboxylic acids is 1. The maximum Gasteiger partial charge on any atom is 1.00 e. The molecule has 0 amide bonds. The number of nitrogens with zero attached hydrogens (tertiary/aromatic N) is 2. The van der Waals surface area contributed by atoms with E-state index in [9.17, 15) is 15.0 Å². The van der Waals surface area contributed by atoms with Crippen molar-refractivity contribution in [3.63, 3.8) is 0 Å². The molecule has 2 N–H and O–H groups in total. The Morgan fingerprint density at radius 2 is 2.10 bits per heavy atom. The number of hydrogen-bond donors (Lipinski definition) is 2. The molecule has 0 fully saturated rings. The van der Waals surface area contributed by atoms with Crippen LogP contribution in [0.5, 0.6) is 0 Å². The van der Waals surface area contributed by atoms with Crippen molar-refractivity contribution in [1.29, 1.82) is 0 Å². The van der Waals surface area contributed by atoms with Crippen LogP contribution < -0.4 is 24.0 Å². The molecule has 6 nitrogen and oxygen atoms in total. The molecule has 0 rings (SSSR count). The van der Waals surface area contributed by atoms with Gasteiger partial charge in [0, 0.05) is 6.54 Å². The molecule has 1 unspecified atom stereocenters. The number of carboxylic acid groups (broad SMARTS) is 1. The Kier molecular flexibility index (Phi) is 15.1. The van der Waals surface area contributed by atoms with Crippen LogP contribution in [0.2, 0.25) is 0 Å². The molecule has 7 heteroatoms. The molecule has 21 heavy (non-hydrogen) atoms. The molecular formula is C14H25LiN2O4. The summed E-state index contributed by atoms with van der Waals surface area (Å²) in [6.45, 7) is 3.58. The summed E-state index contributed by atoms with van der Waals surface area (Å²) >= 11 is 0. The van der Waals surface area contributed by atoms with E-state index >= 15 is 0 Å². The summed E-state index contributed by atoms with van der Waals surface area (Å²) in [6, 6.07) is 0. The monoisotopic (exact) mass is 292 g/mol. The van der Waals surface area contributed by atoms with Crippen LogP contribution in [0, 0.1) is 0 Å². The number of aliphatic imine (C=N–C) groups is 1. The van der Waals surface area contributed by atoms with Crippen LogP contribution in [-0.2, 0) is 4.79 Å². The number of aliphatic carboxylic acids is 1. The SMILES string of the molecule is CC/C=C/CCCC([O-])=NCN(CC(=O)O)CC(C)O.[Li+]. The molecule has 0 aliphatic carbocycles. The van der Waals surface area contributed by atoms with Crippen LogP contribution in [0.4, 0.5) is 0 Å². The predicted molar refractivity (Wildman–Crippen MR) is 76.5 cm³/mol. The number of carbonyl (C=O) groups is 1. The zero-order valence-electron chi connectivity index (χ0n) is 13.3. The second-order valence-electron chi connectivity index (χ2n) is 4.72. The molecule has 0 heterocycles. The minimum Gasteiger partial charge on any atom is -0.862 e. The van der Waals surface area contributed by atoms with Gasteiger partial charge in [0.15, 0.2) is 0 Å². The number of unbranched alkanes of at least 4 members (excludes halogenated alkanes) is 1. The van der Waals surface area contributed by atoms with Gasteiger partial charge in [-0.2, -0.15) is 0 Å². The Morgan fingerprint density at radius 1 is 1.43 bits per heavy atom. The fraction of sp³-hybridized carbons (Fsp3) is 0.714. The van der Waals surface area contributed by atoms with Crippen LogP contribution in [-0.4, -0.2) is 52.8 Å². The van der Waals surface area contributed by atoms with Crippen molar-refractivity contribution < 1.29 is 39.0 Å². The second kappa shape index (κ2) is 14.1. The summed E-state index contributed by atoms with van der Waals surface area (Å²) in [4.78, 5) is 15.9. The summed E-state index contributed by atoms with van der Waals surface area (Å²) in [7, 11) is 0. The smallest absolute Gasteiger partial charge is 0.862 e. The normalized spacial score (nSPS) is 13.4. The average molecular weight is 292 g/mol. The molecule has 0 aliphatic rings. The van der Waals surface area contributed by atoms with Gasteiger partial charge in [-0.3, -0.25) is 14.7 Å². The number of hydrogen-bond acceptors (Lipinski definition) is 5. The van der Waals surface area contributed by atoms with Gasteiger partial charge in [-0.25, -0.2) is 0 Å². The van der Waals surface area contributed by atoms with E-state index < -0.39 is 12.1 Å². The molecule has 0 spiro atoms. The van der Waals surface area contributed by atoms with E-state index in [0.717, 1.165) is 19.3 Å². The first-order chi connectivity index (χ1) is 9.45. The Balaban J connectivity index is 0. The number of aliphatic hydroxyl groups excluding tert-OH is 1. The Morgan fingerprint density at radius 3 is 2.62 bits per heavy atom. The Bertz CT molecular complexity index is 333. The van der Waals surface area contributed by atoms with Gasteiger partial charge >= 0.3 is 24.8 Å². The van der Waals surface area contributed by atoms with Gasteiger partial charge in [0.2, 0.25) is 0 Å². The molecule has 0 aromatic carbocycles. The third-order valence-corrected chi connectivity index (χ3v) is 2.49. The zero-order valence-corrected chi connectivity index (χ0v) is 13.3. The summed E-state index contributed by atoms with van der Waals surface area (Å²) in [5.74, 6) is -1.23. The van der Waals surface area contributed by atoms with E-state index in [0.29, 0.717) is 6.42 Å². The topological polar surface area (TPSA) is 96.2 Å². The first-order valence-corrected chi connectivity index (χ1v) is 6.93. The Hall–Kier alpha value is -0.803. The molecule has 116 valence electrons. The van der Waals surface area contributed by atoms with Crippen LogP contribution in [0.25, 0.3) is 0 Å². The fourth-order valence-corrected chi connectivity index (χ4v) is 1.65. The minimum atomic E-state index is -1.00. The fourth-order valence-electron chi connectivity index (χ4n) is 1.65. The molecule has 0 bridgehead atoms. The predicted octanol–water partition coefficient (Wildman–Crippen LogP) is -2.39. The Labute approximate surface area is 138 Å². The average Bonchev–Trinajstić information content (AvgIpc) is 2.34. The van der Waals surface area contributed by atoms with E-state index in [1.165, 1.54) is 4.90 Å². The summed E-state index contributed by atoms with van der Waals surface area (Å²) in [6.07, 6.45) is 6.39. The maximum absolute atomic E-state index is 11.5. The zero-order chi connectivity index (χ0) is 15.4. The first-order valence-electron chi connectivity index (χ1n) is 6.93. The van der Waals surface area contributed by atoms with Crippen LogP contribution in [0.15, 0.2) is 17.1 Å². The van der Waals surface area contributed by atoms with Gasteiger partial charge in [-0.15, -0.1) is 0 Å². The van der Waals surface area contributed by atoms with Crippen LogP contribution >= 0.6 is 0 Å². The molecular weight excluding hydrogens is 267 g/mol. The van der Waals surface area contributed by atoms with E-state index in [1.54, 1.807) is 6.92 Å². The summed E-state index contributed by atoms with van der Waals surface area (Å²) < 4.78 is 0. The third kappa shape index (κ3) is 15.4. The van der Waals surface area contributed by atoms with E-state index in [1.807, 2.05) is 6.08 Å². The van der Waals surface area contributed by atoms with Crippen molar-refractivity contribution in [3.8, 4) is 0 Å². The second-order valence-corrected chi connectivity index (χ2v) is 4.72. The van der Waals surface area contributed by atoms with Crippen molar-refractivity contribution in [1.82, 2.24) is 4.90 Å². The van der Waals surface area contributed by atoms with Crippen molar-refractivity contribution in [3.05, 3.63) is 12.2 Å². The van der Waals surface area contributed by atoms with Gasteiger partial charge in [0.05, 0.1) is 19.3 Å². The largest absolute Gasteiger partial charge is 1.00 e. The molecule has 0 saturated carbocycles. The summed E-state index contributed by atoms with van der Waals surface area (Å²) in [5, 5.41) is 29.5. The third-order valence-electron chi connectivity index (χ3n) is 2.49. The van der Waals surface area contributed by atoms with Gasteiger partial charge in [0.25, 0.3) is 0 Å². The number of rotatable bonds is 11. The molecule has 0 aromatic heterocycles. The molecule has 0 radical (unpaired) electrons. The molecule has 1 atom stereocenters. The molecule has 0 aliphatic heterocycles. The standard InChI is InChI=1S/C14H26N2O4.Li/c1-3-4-5-6-7-8-13(18)15-11-16(9-12(2)17)10-14(19)20;/h4-5,12,17H,3,6-11H2,1-2H3,(H,15,18)(H,19,20);/q;+1/p-1/b5-4+;. The number of allylic oxidation sites excluding steroid dienone is 2. The van der Waals surface area contributed by atoms with Gasteiger partial charge in [0.1, 0.15) is 0 Å². The molecule has 0 saturated heterocycles. The van der Waals surface area contributed by atoms with Crippen LogP contribution in [0.3, 0.4) is 0 Å². The maximum atomic E-state index is 11.5. The van der Waals surface area contributed by atoms with Crippen molar-refractivity contribution in [2.24, 2.45) is 4.99 Å². The number of aliphatic hydroxyl groups is 1. The molecule has 0 aromatic rings. The van der Waals surface area contributed by atoms with E-state index in [-0.39, 0.29) is 44.5 Å². The van der Waals surface area contributed by atoms with E-state index in [4.69, 9.17) is 5.11 Å². The van der Waals surface area contributed by atoms with Crippen molar-refractivity contribution in [2.75, 3.05) is 19.8 Å². The van der Waals surface area contributed by atoms with E-state index in [2.05, 4.69) is 18.0 Å². The first kappa shape index (κ1) is 22.5. The quantitative estimate of drug-likeness (QED) is 0.146. The van der Waals surface area contributed by atoms with Gasteiger partial charge in [-0.1, -0.05) is 19.1 Å². The summed E-state index contributed by atoms with van der Waals surface area (Å²) in [5.41, 5.74) is 0. The van der Waals surface area contributed by atoms with Gasteiger partial charge in [-0.05, 0) is 38.5 Å². The van der Waals surface area contributed by atoms with Crippen molar-refractivity contribution in [2.45, 2.75) is 45.6 Å². The van der Waals surface area contributed by atoms with Gasteiger partial charge < -0.3 is 15.3 Å². The van der Waals surface area contributed by atoms with Crippen LogP contribution in [0.1, 0.15) is 39.5 Å². The van der Waals surface area contributed by atoms with Crippen molar-refractivity contribution >= 4 is 11.9 Å².